The van der Waals surface area contributed by atoms with Gasteiger partial charge in [0.05, 0.1) is 18.1 Å². The molecule has 156 valence electrons. The zero-order valence-corrected chi connectivity index (χ0v) is 18.0. The topological polar surface area (TPSA) is 88.2 Å². The van der Waals surface area contributed by atoms with Crippen molar-refractivity contribution in [3.05, 3.63) is 36.4 Å². The summed E-state index contributed by atoms with van der Waals surface area (Å²) in [6.07, 6.45) is 8.03. The molecule has 4 aromatic heterocycles. The highest BCUT2D eigenvalue weighted by atomic mass is 32.1. The molecule has 1 aliphatic heterocycles. The van der Waals surface area contributed by atoms with E-state index in [-0.39, 0.29) is 0 Å². The Morgan fingerprint density at radius 1 is 1.10 bits per heavy atom. The van der Waals surface area contributed by atoms with Gasteiger partial charge in [-0.3, -0.25) is 4.68 Å². The Labute approximate surface area is 178 Å². The number of hydrogen-bond acceptors (Lipinski definition) is 8. The molecule has 1 fully saturated rings. The highest BCUT2D eigenvalue weighted by Gasteiger charge is 2.18. The lowest BCUT2D eigenvalue weighted by atomic mass is 10.2. The van der Waals surface area contributed by atoms with Crippen molar-refractivity contribution >= 4 is 33.8 Å². The van der Waals surface area contributed by atoms with Crippen molar-refractivity contribution in [1.29, 1.82) is 0 Å². The van der Waals surface area contributed by atoms with E-state index in [0.29, 0.717) is 0 Å². The van der Waals surface area contributed by atoms with Crippen molar-refractivity contribution in [1.82, 2.24) is 34.1 Å². The zero-order valence-electron chi connectivity index (χ0n) is 17.2. The van der Waals surface area contributed by atoms with Crippen LogP contribution in [0.5, 0.6) is 0 Å². The van der Waals surface area contributed by atoms with Gasteiger partial charge in [-0.05, 0) is 43.9 Å². The number of fused-ring (bicyclic) bond motifs is 1. The molecule has 5 rings (SSSR count). The van der Waals surface area contributed by atoms with Gasteiger partial charge in [0.2, 0.25) is 0 Å². The van der Waals surface area contributed by atoms with Crippen LogP contribution in [-0.2, 0) is 7.05 Å². The first-order valence-corrected chi connectivity index (χ1v) is 11.0. The molecule has 0 radical (unpaired) electrons. The molecule has 0 unspecified atom stereocenters. The van der Waals surface area contributed by atoms with Crippen LogP contribution in [0.4, 0.5) is 16.6 Å². The third-order valence-corrected chi connectivity index (χ3v) is 6.06. The Morgan fingerprint density at radius 3 is 2.83 bits per heavy atom. The van der Waals surface area contributed by atoms with Gasteiger partial charge in [-0.25, -0.2) is 4.98 Å². The molecule has 2 N–H and O–H groups in total. The van der Waals surface area contributed by atoms with Crippen LogP contribution < -0.4 is 15.5 Å². The number of nitrogens with zero attached hydrogens (tertiary/aromatic N) is 7. The lowest BCUT2D eigenvalue weighted by molar-refractivity contribution is 0.564. The van der Waals surface area contributed by atoms with E-state index >= 15 is 0 Å². The lowest BCUT2D eigenvalue weighted by Crippen LogP contribution is -2.36. The summed E-state index contributed by atoms with van der Waals surface area (Å²) in [4.78, 5) is 7.39. The fourth-order valence-corrected chi connectivity index (χ4v) is 4.41. The van der Waals surface area contributed by atoms with Gasteiger partial charge in [0, 0.05) is 50.1 Å². The second kappa shape index (κ2) is 8.04. The van der Waals surface area contributed by atoms with Crippen LogP contribution in [0, 0.1) is 6.92 Å². The molecule has 4 aromatic rings. The Hall–Kier alpha value is -2.98. The van der Waals surface area contributed by atoms with E-state index in [1.54, 1.807) is 4.68 Å². The normalized spacial score (nSPS) is 15.3. The fraction of sp³-hybridized carbons (Fsp3) is 0.400. The summed E-state index contributed by atoms with van der Waals surface area (Å²) in [5.74, 6) is 1.84. The van der Waals surface area contributed by atoms with Crippen molar-refractivity contribution < 1.29 is 0 Å². The number of aryl methyl sites for hydroxylation is 2. The summed E-state index contributed by atoms with van der Waals surface area (Å²) in [7, 11) is 1.92. The number of aromatic nitrogens is 6. The molecule has 0 aliphatic carbocycles. The van der Waals surface area contributed by atoms with E-state index < -0.39 is 0 Å². The maximum absolute atomic E-state index is 5.03. The van der Waals surface area contributed by atoms with Crippen molar-refractivity contribution in [2.45, 2.75) is 19.8 Å². The molecule has 9 nitrogen and oxygen atoms in total. The first-order chi connectivity index (χ1) is 14.7. The number of nitrogens with one attached hydrogen (secondary N) is 2. The van der Waals surface area contributed by atoms with Crippen molar-refractivity contribution in [3.8, 4) is 11.1 Å². The number of hydrogen-bond donors (Lipinski definition) is 2. The van der Waals surface area contributed by atoms with E-state index in [4.69, 9.17) is 4.98 Å². The smallest absolute Gasteiger partial charge is 0.167 e. The van der Waals surface area contributed by atoms with Crippen molar-refractivity contribution in [2.75, 3.05) is 36.4 Å². The molecule has 1 saturated heterocycles. The second-order valence-electron chi connectivity index (χ2n) is 7.60. The van der Waals surface area contributed by atoms with Gasteiger partial charge in [-0.1, -0.05) is 0 Å². The summed E-state index contributed by atoms with van der Waals surface area (Å²) in [5.41, 5.74) is 3.79. The Morgan fingerprint density at radius 2 is 2.03 bits per heavy atom. The summed E-state index contributed by atoms with van der Waals surface area (Å²) < 4.78 is 8.05. The van der Waals surface area contributed by atoms with Crippen LogP contribution in [0.2, 0.25) is 0 Å². The van der Waals surface area contributed by atoms with Crippen LogP contribution in [0.15, 0.2) is 30.7 Å². The molecular weight excluding hydrogens is 398 g/mol. The van der Waals surface area contributed by atoms with Gasteiger partial charge in [-0.2, -0.15) is 19.1 Å². The van der Waals surface area contributed by atoms with Gasteiger partial charge in [0.15, 0.2) is 5.65 Å². The standard InChI is InChI=1S/C20H25N9S/c1-14-9-19(30-26-14)24-18-10-17(28-7-4-3-5-21-6-8-28)25-20-16(12-23-29(18)20)15-11-22-27(2)13-15/h9-13,21,24H,3-8H2,1-2H3. The van der Waals surface area contributed by atoms with Gasteiger partial charge in [-0.15, -0.1) is 0 Å². The maximum atomic E-state index is 5.03. The molecule has 0 atom stereocenters. The highest BCUT2D eigenvalue weighted by molar-refractivity contribution is 7.10. The van der Waals surface area contributed by atoms with Crippen LogP contribution in [0.3, 0.4) is 0 Å². The first-order valence-electron chi connectivity index (χ1n) is 10.2. The minimum absolute atomic E-state index is 0.819. The molecular formula is C20H25N9S. The average Bonchev–Trinajstić information content (AvgIpc) is 3.41. The quantitative estimate of drug-likeness (QED) is 0.522. The number of rotatable bonds is 4. The molecule has 1 aliphatic rings. The minimum Gasteiger partial charge on any atom is -0.355 e. The molecule has 0 saturated carbocycles. The molecule has 0 spiro atoms. The summed E-state index contributed by atoms with van der Waals surface area (Å²) in [6, 6.07) is 4.13. The van der Waals surface area contributed by atoms with Crippen LogP contribution in [-0.4, -0.2) is 54.9 Å². The Kier molecular flexibility index (Phi) is 5.09. The summed E-state index contributed by atoms with van der Waals surface area (Å²) in [5, 5.41) is 16.9. The predicted octanol–water partition coefficient (Wildman–Crippen LogP) is 2.83. The third kappa shape index (κ3) is 3.75. The molecule has 30 heavy (non-hydrogen) atoms. The molecule has 0 aromatic carbocycles. The van der Waals surface area contributed by atoms with Gasteiger partial charge in [0.25, 0.3) is 0 Å². The lowest BCUT2D eigenvalue weighted by Gasteiger charge is -2.26. The van der Waals surface area contributed by atoms with Crippen LogP contribution >= 0.6 is 11.5 Å². The van der Waals surface area contributed by atoms with Crippen molar-refractivity contribution in [3.63, 3.8) is 0 Å². The van der Waals surface area contributed by atoms with E-state index in [1.807, 2.05) is 43.1 Å². The zero-order chi connectivity index (χ0) is 20.5. The van der Waals surface area contributed by atoms with Crippen LogP contribution in [0.1, 0.15) is 18.5 Å². The minimum atomic E-state index is 0.819. The van der Waals surface area contributed by atoms with Gasteiger partial charge in [0.1, 0.15) is 16.6 Å². The van der Waals surface area contributed by atoms with E-state index in [9.17, 15) is 0 Å². The van der Waals surface area contributed by atoms with E-state index in [0.717, 1.165) is 71.7 Å². The molecule has 0 bridgehead atoms. The monoisotopic (exact) mass is 423 g/mol. The largest absolute Gasteiger partial charge is 0.355 e. The maximum Gasteiger partial charge on any atom is 0.167 e. The third-order valence-electron chi connectivity index (χ3n) is 5.27. The van der Waals surface area contributed by atoms with E-state index in [1.165, 1.54) is 18.0 Å². The van der Waals surface area contributed by atoms with Crippen LogP contribution in [0.25, 0.3) is 16.8 Å². The number of anilines is 3. The van der Waals surface area contributed by atoms with Gasteiger partial charge < -0.3 is 15.5 Å². The fourth-order valence-electron chi connectivity index (χ4n) is 3.75. The molecule has 10 heteroatoms. The predicted molar refractivity (Wildman–Crippen MR) is 120 cm³/mol. The van der Waals surface area contributed by atoms with E-state index in [2.05, 4.69) is 36.2 Å². The Balaban J connectivity index is 1.61. The summed E-state index contributed by atoms with van der Waals surface area (Å²) >= 11 is 1.45. The summed E-state index contributed by atoms with van der Waals surface area (Å²) in [6.45, 7) is 5.97. The van der Waals surface area contributed by atoms with Gasteiger partial charge >= 0.3 is 0 Å². The second-order valence-corrected chi connectivity index (χ2v) is 8.40. The SMILES string of the molecule is Cc1cc(Nc2cc(N3CCCCNCC3)nc3c(-c4cnn(C)c4)cnn23)sn1. The first kappa shape index (κ1) is 19.0. The Bertz CT molecular complexity index is 1150. The molecule has 5 heterocycles. The average molecular weight is 424 g/mol. The molecule has 0 amide bonds. The van der Waals surface area contributed by atoms with Crippen molar-refractivity contribution in [2.24, 2.45) is 7.05 Å². The highest BCUT2D eigenvalue weighted by Crippen LogP contribution is 2.30.